The first-order valence-electron chi connectivity index (χ1n) is 8.28. The van der Waals surface area contributed by atoms with E-state index in [1.165, 1.54) is 38.8 Å². The van der Waals surface area contributed by atoms with Crippen molar-refractivity contribution in [3.05, 3.63) is 0 Å². The molecule has 0 heterocycles. The highest BCUT2D eigenvalue weighted by Gasteiger charge is 2.26. The minimum Gasteiger partial charge on any atom is -0.394 e. The monoisotopic (exact) mass is 270 g/mol. The van der Waals surface area contributed by atoms with Gasteiger partial charge in [0.1, 0.15) is 0 Å². The van der Waals surface area contributed by atoms with E-state index in [1.54, 1.807) is 0 Å². The number of aliphatic hydroxyl groups excluding tert-OH is 1. The van der Waals surface area contributed by atoms with Crippen LogP contribution in [0.15, 0.2) is 0 Å². The van der Waals surface area contributed by atoms with Gasteiger partial charge in [0.25, 0.3) is 0 Å². The number of rotatable bonds is 11. The lowest BCUT2D eigenvalue weighted by atomic mass is 9.85. The van der Waals surface area contributed by atoms with Crippen LogP contribution in [0.25, 0.3) is 0 Å². The molecule has 3 heteroatoms. The lowest BCUT2D eigenvalue weighted by Gasteiger charge is -2.34. The van der Waals surface area contributed by atoms with Gasteiger partial charge in [-0.2, -0.15) is 0 Å². The lowest BCUT2D eigenvalue weighted by Crippen LogP contribution is -2.48. The van der Waals surface area contributed by atoms with E-state index in [0.29, 0.717) is 0 Å². The molecular formula is C16H34N2O. The molecule has 1 unspecified atom stereocenters. The molecule has 1 fully saturated rings. The van der Waals surface area contributed by atoms with Crippen molar-refractivity contribution in [1.82, 2.24) is 10.2 Å². The number of hydrogen-bond acceptors (Lipinski definition) is 3. The quantitative estimate of drug-likeness (QED) is 0.606. The third-order valence-electron chi connectivity index (χ3n) is 4.85. The van der Waals surface area contributed by atoms with Crippen LogP contribution in [0.5, 0.6) is 0 Å². The zero-order chi connectivity index (χ0) is 14.1. The molecular weight excluding hydrogens is 236 g/mol. The van der Waals surface area contributed by atoms with Gasteiger partial charge in [0, 0.05) is 12.1 Å². The average molecular weight is 270 g/mol. The second-order valence-corrected chi connectivity index (χ2v) is 6.12. The van der Waals surface area contributed by atoms with E-state index in [4.69, 9.17) is 0 Å². The molecule has 0 spiro atoms. The predicted molar refractivity (Wildman–Crippen MR) is 82.5 cm³/mol. The maximum Gasteiger partial charge on any atom is 0.0613 e. The van der Waals surface area contributed by atoms with E-state index in [1.807, 2.05) is 0 Å². The minimum absolute atomic E-state index is 0.0510. The number of likely N-dealkylation sites (N-methyl/N-ethyl adjacent to an activating group) is 1. The SMILES string of the molecule is CCNC(CC)(CO)CCCN(CC)CC1CCC1. The summed E-state index contributed by atoms with van der Waals surface area (Å²) in [6.07, 6.45) is 7.57. The summed E-state index contributed by atoms with van der Waals surface area (Å²) in [6.45, 7) is 11.4. The second kappa shape index (κ2) is 8.93. The number of nitrogens with zero attached hydrogens (tertiary/aromatic N) is 1. The summed E-state index contributed by atoms with van der Waals surface area (Å²) in [5, 5.41) is 13.1. The Morgan fingerprint density at radius 3 is 2.42 bits per heavy atom. The summed E-state index contributed by atoms with van der Waals surface area (Å²) in [5.41, 5.74) is -0.0510. The Balaban J connectivity index is 2.28. The zero-order valence-electron chi connectivity index (χ0n) is 13.2. The Bertz CT molecular complexity index is 225. The van der Waals surface area contributed by atoms with E-state index < -0.39 is 0 Å². The van der Waals surface area contributed by atoms with E-state index in [0.717, 1.165) is 31.8 Å². The molecule has 0 aromatic rings. The van der Waals surface area contributed by atoms with Crippen LogP contribution < -0.4 is 5.32 Å². The van der Waals surface area contributed by atoms with Gasteiger partial charge in [-0.15, -0.1) is 0 Å². The van der Waals surface area contributed by atoms with Crippen LogP contribution in [0.2, 0.25) is 0 Å². The van der Waals surface area contributed by atoms with Crippen molar-refractivity contribution in [1.29, 1.82) is 0 Å². The van der Waals surface area contributed by atoms with Gasteiger partial charge in [0.05, 0.1) is 6.61 Å². The van der Waals surface area contributed by atoms with Crippen LogP contribution in [0.4, 0.5) is 0 Å². The topological polar surface area (TPSA) is 35.5 Å². The van der Waals surface area contributed by atoms with Gasteiger partial charge in [-0.3, -0.25) is 0 Å². The van der Waals surface area contributed by atoms with Gasteiger partial charge < -0.3 is 15.3 Å². The van der Waals surface area contributed by atoms with Crippen molar-refractivity contribution < 1.29 is 5.11 Å². The van der Waals surface area contributed by atoms with Crippen LogP contribution in [0, 0.1) is 5.92 Å². The maximum absolute atomic E-state index is 9.65. The van der Waals surface area contributed by atoms with Gasteiger partial charge in [-0.25, -0.2) is 0 Å². The molecule has 1 aliphatic rings. The standard InChI is InChI=1S/C16H34N2O/c1-4-16(14-19,17-5-2)11-8-12-18(6-3)13-15-9-7-10-15/h15,17,19H,4-14H2,1-3H3. The van der Waals surface area contributed by atoms with Crippen molar-refractivity contribution in [2.24, 2.45) is 5.92 Å². The van der Waals surface area contributed by atoms with Crippen LogP contribution >= 0.6 is 0 Å². The van der Waals surface area contributed by atoms with E-state index in [2.05, 4.69) is 31.0 Å². The highest BCUT2D eigenvalue weighted by atomic mass is 16.3. The smallest absolute Gasteiger partial charge is 0.0613 e. The lowest BCUT2D eigenvalue weighted by molar-refractivity contribution is 0.133. The van der Waals surface area contributed by atoms with Crippen molar-refractivity contribution in [3.63, 3.8) is 0 Å². The molecule has 1 atom stereocenters. The number of nitrogens with one attached hydrogen (secondary N) is 1. The fourth-order valence-corrected chi connectivity index (χ4v) is 3.07. The first-order chi connectivity index (χ1) is 9.19. The van der Waals surface area contributed by atoms with Crippen LogP contribution in [-0.4, -0.2) is 48.3 Å². The highest BCUT2D eigenvalue weighted by molar-refractivity contribution is 4.86. The first kappa shape index (κ1) is 16.9. The van der Waals surface area contributed by atoms with E-state index >= 15 is 0 Å². The maximum atomic E-state index is 9.65. The van der Waals surface area contributed by atoms with Crippen molar-refractivity contribution in [2.75, 3.05) is 32.8 Å². The molecule has 3 nitrogen and oxygen atoms in total. The Morgan fingerprint density at radius 1 is 1.26 bits per heavy atom. The average Bonchev–Trinajstić information content (AvgIpc) is 2.39. The molecule has 0 bridgehead atoms. The molecule has 1 saturated carbocycles. The number of hydrogen-bond donors (Lipinski definition) is 2. The predicted octanol–water partition coefficient (Wildman–Crippen LogP) is 2.64. The van der Waals surface area contributed by atoms with Gasteiger partial charge in [-0.1, -0.05) is 27.2 Å². The molecule has 2 N–H and O–H groups in total. The Labute approximate surface area is 119 Å². The Kier molecular flexibility index (Phi) is 7.96. The van der Waals surface area contributed by atoms with Crippen LogP contribution in [0.1, 0.15) is 59.3 Å². The van der Waals surface area contributed by atoms with Gasteiger partial charge >= 0.3 is 0 Å². The summed E-state index contributed by atoms with van der Waals surface area (Å²) in [5.74, 6) is 0.961. The number of aliphatic hydroxyl groups is 1. The summed E-state index contributed by atoms with van der Waals surface area (Å²) >= 11 is 0. The normalized spacial score (nSPS) is 19.4. The van der Waals surface area contributed by atoms with Crippen molar-refractivity contribution >= 4 is 0 Å². The molecule has 1 rings (SSSR count). The largest absolute Gasteiger partial charge is 0.394 e. The summed E-state index contributed by atoms with van der Waals surface area (Å²) < 4.78 is 0. The molecule has 0 amide bonds. The summed E-state index contributed by atoms with van der Waals surface area (Å²) in [6, 6.07) is 0. The molecule has 19 heavy (non-hydrogen) atoms. The second-order valence-electron chi connectivity index (χ2n) is 6.12. The van der Waals surface area contributed by atoms with Crippen molar-refractivity contribution in [3.8, 4) is 0 Å². The molecule has 0 aliphatic heterocycles. The van der Waals surface area contributed by atoms with E-state index in [-0.39, 0.29) is 12.1 Å². The molecule has 0 aromatic heterocycles. The van der Waals surface area contributed by atoms with Crippen LogP contribution in [-0.2, 0) is 0 Å². The van der Waals surface area contributed by atoms with Gasteiger partial charge in [-0.05, 0) is 57.7 Å². The third-order valence-corrected chi connectivity index (χ3v) is 4.85. The Morgan fingerprint density at radius 2 is 2.00 bits per heavy atom. The molecule has 1 aliphatic carbocycles. The van der Waals surface area contributed by atoms with Crippen LogP contribution in [0.3, 0.4) is 0 Å². The van der Waals surface area contributed by atoms with Gasteiger partial charge in [0.15, 0.2) is 0 Å². The minimum atomic E-state index is -0.0510. The zero-order valence-corrected chi connectivity index (χ0v) is 13.2. The summed E-state index contributed by atoms with van der Waals surface area (Å²) in [4.78, 5) is 2.59. The fourth-order valence-electron chi connectivity index (χ4n) is 3.07. The van der Waals surface area contributed by atoms with E-state index in [9.17, 15) is 5.11 Å². The highest BCUT2D eigenvalue weighted by Crippen LogP contribution is 2.27. The third kappa shape index (κ3) is 5.41. The van der Waals surface area contributed by atoms with Gasteiger partial charge in [0.2, 0.25) is 0 Å². The first-order valence-corrected chi connectivity index (χ1v) is 8.28. The molecule has 0 saturated heterocycles. The fraction of sp³-hybridized carbons (Fsp3) is 1.00. The summed E-state index contributed by atoms with van der Waals surface area (Å²) in [7, 11) is 0. The molecule has 0 radical (unpaired) electrons. The molecule has 114 valence electrons. The molecule has 0 aromatic carbocycles. The van der Waals surface area contributed by atoms with Crippen molar-refractivity contribution in [2.45, 2.75) is 64.8 Å². The Hall–Kier alpha value is -0.120.